The van der Waals surface area contributed by atoms with Crippen LogP contribution in [0.3, 0.4) is 0 Å². The minimum Gasteiger partial charge on any atom is -0.501 e. The smallest absolute Gasteiger partial charge is 0.153 e. The van der Waals surface area contributed by atoms with Crippen LogP contribution in [0.25, 0.3) is 0 Å². The molecule has 2 N–H and O–H groups in total. The monoisotopic (exact) mass is 226 g/mol. The summed E-state index contributed by atoms with van der Waals surface area (Å²) in [6, 6.07) is 0. The first-order chi connectivity index (χ1) is 7.13. The summed E-state index contributed by atoms with van der Waals surface area (Å²) in [5.74, 6) is 0.842. The average Bonchev–Trinajstić information content (AvgIpc) is 2.28. The van der Waals surface area contributed by atoms with E-state index in [1.807, 2.05) is 25.3 Å². The molecule has 0 amide bonds. The van der Waals surface area contributed by atoms with Gasteiger partial charge in [-0.25, -0.2) is 0 Å². The zero-order chi connectivity index (χ0) is 11.7. The van der Waals surface area contributed by atoms with E-state index in [-0.39, 0.29) is 0 Å². The topological polar surface area (TPSA) is 45.1 Å². The summed E-state index contributed by atoms with van der Waals surface area (Å²) in [6.45, 7) is 6.20. The van der Waals surface area contributed by atoms with Crippen molar-refractivity contribution in [1.82, 2.24) is 5.32 Å². The van der Waals surface area contributed by atoms with Gasteiger partial charge in [-0.05, 0) is 24.8 Å². The van der Waals surface area contributed by atoms with Gasteiger partial charge in [0, 0.05) is 6.54 Å². The molecule has 0 saturated carbocycles. The molecule has 3 nitrogen and oxygen atoms in total. The molecule has 0 rings (SSSR count). The lowest BCUT2D eigenvalue weighted by atomic mass is 10.2. The summed E-state index contributed by atoms with van der Waals surface area (Å²) >= 11 is 1.38. The molecule has 0 aliphatic carbocycles. The van der Waals surface area contributed by atoms with Crippen molar-refractivity contribution in [3.05, 3.63) is 36.1 Å². The molecular formula is C11H18N2OS. The van der Waals surface area contributed by atoms with Crippen molar-refractivity contribution in [2.45, 2.75) is 6.92 Å². The lowest BCUT2D eigenvalue weighted by molar-refractivity contribution is 0.294. The molecule has 0 aromatic rings. The fourth-order valence-electron chi connectivity index (χ4n) is 0.746. The second kappa shape index (κ2) is 8.17. The number of nitrogens with one attached hydrogen (secondary N) is 2. The van der Waals surface area contributed by atoms with Crippen LogP contribution in [-0.4, -0.2) is 25.1 Å². The third-order valence-corrected chi connectivity index (χ3v) is 2.33. The first-order valence-electron chi connectivity index (χ1n) is 4.54. The number of rotatable bonds is 5. The van der Waals surface area contributed by atoms with Gasteiger partial charge in [-0.2, -0.15) is 0 Å². The van der Waals surface area contributed by atoms with Crippen LogP contribution in [0.5, 0.6) is 0 Å². The highest BCUT2D eigenvalue weighted by atomic mass is 32.2. The second-order valence-electron chi connectivity index (χ2n) is 2.81. The summed E-state index contributed by atoms with van der Waals surface area (Å²) in [6.07, 6.45) is 7.43. The van der Waals surface area contributed by atoms with Crippen LogP contribution in [0.4, 0.5) is 0 Å². The molecular weight excluding hydrogens is 208 g/mol. The van der Waals surface area contributed by atoms with E-state index >= 15 is 0 Å². The van der Waals surface area contributed by atoms with Crippen LogP contribution >= 0.6 is 11.8 Å². The van der Waals surface area contributed by atoms with Crippen molar-refractivity contribution in [2.24, 2.45) is 0 Å². The van der Waals surface area contributed by atoms with Crippen molar-refractivity contribution in [1.29, 1.82) is 5.41 Å². The Kier molecular flexibility index (Phi) is 7.54. The maximum absolute atomic E-state index is 7.41. The number of methoxy groups -OCH3 is 1. The van der Waals surface area contributed by atoms with Crippen molar-refractivity contribution in [2.75, 3.05) is 19.9 Å². The molecule has 0 bridgehead atoms. The van der Waals surface area contributed by atoms with Crippen LogP contribution in [-0.2, 0) is 4.74 Å². The summed E-state index contributed by atoms with van der Waals surface area (Å²) in [4.78, 5) is 0. The van der Waals surface area contributed by atoms with E-state index in [2.05, 4.69) is 11.9 Å². The maximum Gasteiger partial charge on any atom is 0.153 e. The van der Waals surface area contributed by atoms with Crippen LogP contribution in [0, 0.1) is 5.41 Å². The Bertz CT molecular complexity index is 282. The van der Waals surface area contributed by atoms with Gasteiger partial charge in [0.1, 0.15) is 0 Å². The predicted octanol–water partition coefficient (Wildman–Crippen LogP) is 2.54. The van der Waals surface area contributed by atoms with Crippen LogP contribution in [0.15, 0.2) is 36.1 Å². The van der Waals surface area contributed by atoms with E-state index in [0.717, 1.165) is 11.3 Å². The van der Waals surface area contributed by atoms with Crippen LogP contribution < -0.4 is 5.32 Å². The fraction of sp³-hybridized carbons (Fsp3) is 0.364. The molecule has 0 spiro atoms. The van der Waals surface area contributed by atoms with E-state index in [1.165, 1.54) is 11.8 Å². The molecule has 4 heteroatoms. The number of hydrogen-bond donors (Lipinski definition) is 2. The van der Waals surface area contributed by atoms with Gasteiger partial charge < -0.3 is 10.1 Å². The van der Waals surface area contributed by atoms with Gasteiger partial charge in [0.15, 0.2) is 5.17 Å². The molecule has 0 radical (unpaired) electrons. The summed E-state index contributed by atoms with van der Waals surface area (Å²) in [5, 5.41) is 10.8. The van der Waals surface area contributed by atoms with Crippen molar-refractivity contribution >= 4 is 16.9 Å². The Morgan fingerprint density at radius 1 is 1.53 bits per heavy atom. The quantitative estimate of drug-likeness (QED) is 0.328. The molecule has 0 fully saturated rings. The van der Waals surface area contributed by atoms with Crippen LogP contribution in [0.1, 0.15) is 6.92 Å². The van der Waals surface area contributed by atoms with Gasteiger partial charge in [0.25, 0.3) is 0 Å². The molecule has 0 aromatic heterocycles. The third kappa shape index (κ3) is 6.85. The molecule has 15 heavy (non-hydrogen) atoms. The lowest BCUT2D eigenvalue weighted by Crippen LogP contribution is -2.21. The Balaban J connectivity index is 4.24. The number of ether oxygens (including phenoxy) is 1. The Labute approximate surface area is 95.8 Å². The Hall–Kier alpha value is -1.16. The molecule has 0 saturated heterocycles. The second-order valence-corrected chi connectivity index (χ2v) is 3.63. The summed E-state index contributed by atoms with van der Waals surface area (Å²) in [5.41, 5.74) is 1.02. The van der Waals surface area contributed by atoms with E-state index in [0.29, 0.717) is 11.7 Å². The van der Waals surface area contributed by atoms with Gasteiger partial charge in [0.2, 0.25) is 0 Å². The lowest BCUT2D eigenvalue weighted by Gasteiger charge is -2.05. The number of allylic oxidation sites excluding steroid dienone is 3. The molecule has 0 heterocycles. The SMILES string of the molecule is C=C/C(=C\C=C(/C)OC)CNC(=N)SC. The maximum atomic E-state index is 7.41. The minimum absolute atomic E-state index is 0.454. The Morgan fingerprint density at radius 2 is 2.20 bits per heavy atom. The highest BCUT2D eigenvalue weighted by Crippen LogP contribution is 2.00. The van der Waals surface area contributed by atoms with Crippen molar-refractivity contribution in [3.63, 3.8) is 0 Å². The molecule has 0 aliphatic rings. The Morgan fingerprint density at radius 3 is 2.67 bits per heavy atom. The summed E-state index contributed by atoms with van der Waals surface area (Å²) < 4.78 is 5.01. The standard InChI is InChI=1S/C11H18N2OS/c1-5-10(7-6-9(2)14-3)8-13-11(12)15-4/h5-7H,1,8H2,2-4H3,(H2,12,13)/b9-6+,10-7+. The first kappa shape index (κ1) is 13.8. The van der Waals surface area contributed by atoms with E-state index in [1.54, 1.807) is 13.2 Å². The zero-order valence-electron chi connectivity index (χ0n) is 9.46. The molecule has 0 aromatic carbocycles. The molecule has 0 unspecified atom stereocenters. The van der Waals surface area contributed by atoms with Gasteiger partial charge >= 0.3 is 0 Å². The predicted molar refractivity (Wildman–Crippen MR) is 68.3 cm³/mol. The zero-order valence-corrected chi connectivity index (χ0v) is 10.3. The highest BCUT2D eigenvalue weighted by Gasteiger charge is 1.94. The van der Waals surface area contributed by atoms with Crippen LogP contribution in [0.2, 0.25) is 0 Å². The van der Waals surface area contributed by atoms with Gasteiger partial charge in [-0.1, -0.05) is 30.5 Å². The number of amidine groups is 1. The van der Waals surface area contributed by atoms with Crippen molar-refractivity contribution < 1.29 is 4.74 Å². The molecule has 84 valence electrons. The minimum atomic E-state index is 0.454. The van der Waals surface area contributed by atoms with E-state index in [4.69, 9.17) is 10.1 Å². The number of thioether (sulfide) groups is 1. The molecule has 0 aliphatic heterocycles. The van der Waals surface area contributed by atoms with Gasteiger partial charge in [-0.3, -0.25) is 5.41 Å². The third-order valence-electron chi connectivity index (χ3n) is 1.77. The first-order valence-corrected chi connectivity index (χ1v) is 5.76. The fourth-order valence-corrected chi connectivity index (χ4v) is 0.963. The van der Waals surface area contributed by atoms with Gasteiger partial charge in [-0.15, -0.1) is 0 Å². The normalized spacial score (nSPS) is 12.2. The average molecular weight is 226 g/mol. The van der Waals surface area contributed by atoms with E-state index < -0.39 is 0 Å². The van der Waals surface area contributed by atoms with E-state index in [9.17, 15) is 0 Å². The van der Waals surface area contributed by atoms with Gasteiger partial charge in [0.05, 0.1) is 12.9 Å². The highest BCUT2D eigenvalue weighted by molar-refractivity contribution is 8.13. The van der Waals surface area contributed by atoms with Crippen molar-refractivity contribution in [3.8, 4) is 0 Å². The summed E-state index contributed by atoms with van der Waals surface area (Å²) in [7, 11) is 1.63. The molecule has 0 atom stereocenters. The number of hydrogen-bond acceptors (Lipinski definition) is 3. The largest absolute Gasteiger partial charge is 0.501 e.